The van der Waals surface area contributed by atoms with Gasteiger partial charge in [-0.05, 0) is 45.0 Å². The average Bonchev–Trinajstić information content (AvgIpc) is 3.28. The summed E-state index contributed by atoms with van der Waals surface area (Å²) in [6.45, 7) is 5.64. The summed E-state index contributed by atoms with van der Waals surface area (Å²) in [4.78, 5) is 27.5. The zero-order chi connectivity index (χ0) is 24.8. The minimum absolute atomic E-state index is 0.101. The maximum atomic E-state index is 13.1. The van der Waals surface area contributed by atoms with E-state index in [2.05, 4.69) is 10.6 Å². The zero-order valence-corrected chi connectivity index (χ0v) is 20.1. The number of benzene rings is 3. The summed E-state index contributed by atoms with van der Waals surface area (Å²) in [7, 11) is 0. The number of carbonyl (C=O) groups excluding carboxylic acids is 2. The van der Waals surface area contributed by atoms with Gasteiger partial charge in [-0.15, -0.1) is 0 Å². The monoisotopic (exact) mass is 467 g/mol. The molecule has 0 aliphatic carbocycles. The van der Waals surface area contributed by atoms with Crippen molar-refractivity contribution in [1.29, 1.82) is 0 Å². The van der Waals surface area contributed by atoms with Crippen molar-refractivity contribution in [3.63, 3.8) is 0 Å². The molecule has 1 aromatic heterocycles. The normalized spacial score (nSPS) is 10.7. The van der Waals surface area contributed by atoms with E-state index in [1.807, 2.05) is 112 Å². The van der Waals surface area contributed by atoms with Gasteiger partial charge in [-0.1, -0.05) is 66.2 Å². The number of aryl methyl sites for hydroxylation is 1. The van der Waals surface area contributed by atoms with Gasteiger partial charge in [-0.25, -0.2) is 9.48 Å². The van der Waals surface area contributed by atoms with Crippen molar-refractivity contribution in [3.05, 3.63) is 96.6 Å². The van der Waals surface area contributed by atoms with E-state index in [0.29, 0.717) is 11.5 Å². The molecule has 178 valence electrons. The maximum Gasteiger partial charge on any atom is 0.322 e. The van der Waals surface area contributed by atoms with Crippen LogP contribution in [0.4, 0.5) is 16.3 Å². The van der Waals surface area contributed by atoms with Gasteiger partial charge in [0.25, 0.3) is 0 Å². The minimum atomic E-state index is -0.333. The number of rotatable bonds is 7. The Morgan fingerprint density at radius 1 is 0.886 bits per heavy atom. The molecular weight excluding hydrogens is 438 g/mol. The van der Waals surface area contributed by atoms with Crippen molar-refractivity contribution >= 4 is 23.4 Å². The van der Waals surface area contributed by atoms with Gasteiger partial charge >= 0.3 is 6.03 Å². The summed E-state index contributed by atoms with van der Waals surface area (Å²) >= 11 is 0. The molecule has 1 heterocycles. The van der Waals surface area contributed by atoms with Crippen LogP contribution in [-0.4, -0.2) is 39.2 Å². The Hall–Kier alpha value is -4.39. The van der Waals surface area contributed by atoms with Gasteiger partial charge in [0.05, 0.1) is 11.4 Å². The van der Waals surface area contributed by atoms with E-state index in [-0.39, 0.29) is 24.5 Å². The van der Waals surface area contributed by atoms with Gasteiger partial charge in [0.2, 0.25) is 5.91 Å². The predicted octanol–water partition coefficient (Wildman–Crippen LogP) is 5.73. The molecule has 0 aliphatic heterocycles. The number of nitrogens with one attached hydrogen (secondary N) is 2. The number of hydrogen-bond acceptors (Lipinski definition) is 3. The third-order valence-electron chi connectivity index (χ3n) is 5.55. The molecule has 0 bridgehead atoms. The predicted molar refractivity (Wildman–Crippen MR) is 140 cm³/mol. The van der Waals surface area contributed by atoms with Crippen LogP contribution >= 0.6 is 0 Å². The topological polar surface area (TPSA) is 79.3 Å². The highest BCUT2D eigenvalue weighted by molar-refractivity contribution is 5.97. The molecule has 0 fully saturated rings. The van der Waals surface area contributed by atoms with Crippen molar-refractivity contribution in [1.82, 2.24) is 14.7 Å². The standard InChI is InChI=1S/C28H29N5O2/c1-20(2)32(28(35)29-23-16-14-21(3)15-17-23)19-27(34)30-26-18-25(22-10-6-4-7-11-22)31-33(26)24-12-8-5-9-13-24/h4-18,20H,19H2,1-3H3,(H,29,35)(H,30,34). The summed E-state index contributed by atoms with van der Waals surface area (Å²) in [5.41, 5.74) is 4.29. The first-order chi connectivity index (χ1) is 16.9. The quantitative estimate of drug-likeness (QED) is 0.364. The number of amides is 3. The second kappa shape index (κ2) is 10.7. The number of anilines is 2. The Bertz CT molecular complexity index is 1280. The number of hydrogen-bond donors (Lipinski definition) is 2. The van der Waals surface area contributed by atoms with Gasteiger partial charge < -0.3 is 15.5 Å². The molecule has 35 heavy (non-hydrogen) atoms. The van der Waals surface area contributed by atoms with Gasteiger partial charge in [-0.3, -0.25) is 4.79 Å². The molecule has 3 amide bonds. The Morgan fingerprint density at radius 2 is 1.51 bits per heavy atom. The van der Waals surface area contributed by atoms with E-state index >= 15 is 0 Å². The molecule has 2 N–H and O–H groups in total. The first kappa shape index (κ1) is 23.8. The van der Waals surface area contributed by atoms with Crippen molar-refractivity contribution in [3.8, 4) is 16.9 Å². The lowest BCUT2D eigenvalue weighted by molar-refractivity contribution is -0.117. The molecule has 0 saturated carbocycles. The smallest absolute Gasteiger partial charge is 0.313 e. The molecule has 4 aromatic rings. The Balaban J connectivity index is 1.54. The molecule has 0 unspecified atom stereocenters. The van der Waals surface area contributed by atoms with Gasteiger partial charge in [0.15, 0.2) is 0 Å². The van der Waals surface area contributed by atoms with E-state index in [1.54, 1.807) is 4.68 Å². The third kappa shape index (κ3) is 5.95. The molecule has 4 rings (SSSR count). The summed E-state index contributed by atoms with van der Waals surface area (Å²) in [5, 5.41) is 10.5. The van der Waals surface area contributed by atoms with Crippen molar-refractivity contribution < 1.29 is 9.59 Å². The van der Waals surface area contributed by atoms with Crippen LogP contribution in [0.3, 0.4) is 0 Å². The molecule has 3 aromatic carbocycles. The molecule has 0 saturated heterocycles. The van der Waals surface area contributed by atoms with Crippen molar-refractivity contribution in [2.75, 3.05) is 17.2 Å². The molecule has 0 atom stereocenters. The molecule has 0 radical (unpaired) electrons. The highest BCUT2D eigenvalue weighted by Gasteiger charge is 2.22. The van der Waals surface area contributed by atoms with Gasteiger partial charge in [0.1, 0.15) is 12.4 Å². The van der Waals surface area contributed by atoms with Crippen molar-refractivity contribution in [2.24, 2.45) is 0 Å². The lowest BCUT2D eigenvalue weighted by Gasteiger charge is -2.26. The van der Waals surface area contributed by atoms with E-state index in [4.69, 9.17) is 5.10 Å². The summed E-state index contributed by atoms with van der Waals surface area (Å²) < 4.78 is 1.70. The van der Waals surface area contributed by atoms with E-state index in [1.165, 1.54) is 4.90 Å². The Labute approximate surface area is 205 Å². The van der Waals surface area contributed by atoms with Crippen LogP contribution in [0, 0.1) is 6.92 Å². The highest BCUT2D eigenvalue weighted by Crippen LogP contribution is 2.25. The molecular formula is C28H29N5O2. The van der Waals surface area contributed by atoms with Gasteiger partial charge in [-0.2, -0.15) is 5.10 Å². The maximum absolute atomic E-state index is 13.1. The van der Waals surface area contributed by atoms with E-state index in [0.717, 1.165) is 22.5 Å². The Kier molecular flexibility index (Phi) is 7.26. The number of aromatic nitrogens is 2. The van der Waals surface area contributed by atoms with Crippen LogP contribution in [0.5, 0.6) is 0 Å². The highest BCUT2D eigenvalue weighted by atomic mass is 16.2. The Morgan fingerprint density at radius 3 is 2.14 bits per heavy atom. The van der Waals surface area contributed by atoms with Crippen LogP contribution in [0.25, 0.3) is 16.9 Å². The minimum Gasteiger partial charge on any atom is -0.313 e. The zero-order valence-electron chi connectivity index (χ0n) is 20.1. The van der Waals surface area contributed by atoms with Crippen LogP contribution in [0.2, 0.25) is 0 Å². The fourth-order valence-electron chi connectivity index (χ4n) is 3.64. The fourth-order valence-corrected chi connectivity index (χ4v) is 3.64. The fraction of sp³-hybridized carbons (Fsp3) is 0.179. The molecule has 0 aliphatic rings. The first-order valence-corrected chi connectivity index (χ1v) is 11.6. The van der Waals surface area contributed by atoms with E-state index in [9.17, 15) is 9.59 Å². The van der Waals surface area contributed by atoms with Crippen LogP contribution in [0.15, 0.2) is 91.0 Å². The summed E-state index contributed by atoms with van der Waals surface area (Å²) in [6, 6.07) is 28.3. The number of carbonyl (C=O) groups is 2. The third-order valence-corrected chi connectivity index (χ3v) is 5.55. The lowest BCUT2D eigenvalue weighted by atomic mass is 10.1. The molecule has 7 heteroatoms. The summed E-state index contributed by atoms with van der Waals surface area (Å²) in [5.74, 6) is 0.220. The van der Waals surface area contributed by atoms with Crippen LogP contribution in [-0.2, 0) is 4.79 Å². The van der Waals surface area contributed by atoms with E-state index < -0.39 is 0 Å². The number of nitrogens with zero attached hydrogens (tertiary/aromatic N) is 3. The van der Waals surface area contributed by atoms with Crippen LogP contribution < -0.4 is 10.6 Å². The molecule has 7 nitrogen and oxygen atoms in total. The van der Waals surface area contributed by atoms with Gasteiger partial charge in [0, 0.05) is 23.4 Å². The largest absolute Gasteiger partial charge is 0.322 e. The first-order valence-electron chi connectivity index (χ1n) is 11.6. The number of urea groups is 1. The lowest BCUT2D eigenvalue weighted by Crippen LogP contribution is -2.44. The average molecular weight is 468 g/mol. The molecule has 0 spiro atoms. The second-order valence-electron chi connectivity index (χ2n) is 8.59. The van der Waals surface area contributed by atoms with Crippen LogP contribution in [0.1, 0.15) is 19.4 Å². The SMILES string of the molecule is Cc1ccc(NC(=O)N(CC(=O)Nc2cc(-c3ccccc3)nn2-c2ccccc2)C(C)C)cc1. The van der Waals surface area contributed by atoms with Crippen molar-refractivity contribution in [2.45, 2.75) is 26.8 Å². The second-order valence-corrected chi connectivity index (χ2v) is 8.59. The number of para-hydroxylation sites is 1. The summed E-state index contributed by atoms with van der Waals surface area (Å²) in [6.07, 6.45) is 0.